The van der Waals surface area contributed by atoms with Crippen LogP contribution in [-0.4, -0.2) is 65.4 Å². The number of oxime groups is 1. The second kappa shape index (κ2) is 19.9. The predicted molar refractivity (Wildman–Crippen MR) is 243 cm³/mol. The highest BCUT2D eigenvalue weighted by Gasteiger charge is 2.65. The molecule has 1 saturated carbocycles. The number of likely N-dealkylation sites (N-methyl/N-ethyl adjacent to an activating group) is 1. The molecule has 2 aliphatic carbocycles. The molecule has 63 heavy (non-hydrogen) atoms. The Morgan fingerprint density at radius 2 is 1.62 bits per heavy atom. The molecule has 0 spiro atoms. The van der Waals surface area contributed by atoms with Crippen molar-refractivity contribution in [1.29, 1.82) is 5.26 Å². The van der Waals surface area contributed by atoms with Crippen LogP contribution in [0.25, 0.3) is 10.8 Å². The monoisotopic (exact) mass is 845 g/mol. The highest BCUT2D eigenvalue weighted by molar-refractivity contribution is 6.03. The molecule has 3 aliphatic rings. The van der Waals surface area contributed by atoms with Gasteiger partial charge in [0.05, 0.1) is 29.9 Å². The fraction of sp³-hybridized carbons (Fsp3) is 0.340. The number of aliphatic hydroxyl groups excluding tert-OH is 2. The molecule has 1 amide bonds. The molecule has 0 radical (unpaired) electrons. The largest absolute Gasteiger partial charge is 0.459 e. The van der Waals surface area contributed by atoms with E-state index < -0.39 is 17.7 Å². The van der Waals surface area contributed by atoms with Gasteiger partial charge in [0.2, 0.25) is 5.79 Å². The van der Waals surface area contributed by atoms with Crippen LogP contribution >= 0.6 is 0 Å². The summed E-state index contributed by atoms with van der Waals surface area (Å²) in [5.41, 5.74) is 4.48. The number of allylic oxidation sites excluding steroid dienone is 1. The molecule has 5 aromatic rings. The molecule has 8 rings (SSSR count). The third-order valence-electron chi connectivity index (χ3n) is 12.9. The van der Waals surface area contributed by atoms with Crippen molar-refractivity contribution in [3.63, 3.8) is 0 Å². The van der Waals surface area contributed by atoms with Crippen LogP contribution < -0.4 is 9.47 Å². The zero-order valence-electron chi connectivity index (χ0n) is 35.8. The molecule has 1 heterocycles. The fourth-order valence-corrected chi connectivity index (χ4v) is 9.95. The van der Waals surface area contributed by atoms with Crippen molar-refractivity contribution in [2.24, 2.45) is 22.9 Å². The lowest BCUT2D eigenvalue weighted by molar-refractivity contribution is -0.252. The Morgan fingerprint density at radius 3 is 2.37 bits per heavy atom. The number of unbranched alkanes of at least 4 members (excludes halogenated alkanes) is 2. The molecule has 10 nitrogen and oxygen atoms in total. The standard InChI is InChI=1S/C53H55N3O7/c1-3-29-60-53-49(56(2)52(59)39-21-19-36(34-54)20-22-39)33-47(55-61-35-37-13-5-4-6-14-37)45-31-41(17-9-11-27-57)44(18-10-12-28-58)50(51(45)53)46-32-43(25-26-48(46)63-53)62-42-24-23-38-15-7-8-16-40(38)30-42/h3-8,13-16,19-26,30-32,41,44,49-51,57-58H,1,9-12,17-18,27-29,33,35H2,2H3/t41-,44+,49-,50+,51+,53+/m0/s1. The van der Waals surface area contributed by atoms with Gasteiger partial charge in [-0.05, 0) is 114 Å². The van der Waals surface area contributed by atoms with Gasteiger partial charge in [-0.2, -0.15) is 5.26 Å². The van der Waals surface area contributed by atoms with Gasteiger partial charge in [-0.25, -0.2) is 0 Å². The van der Waals surface area contributed by atoms with Gasteiger partial charge in [0.25, 0.3) is 5.91 Å². The normalized spacial score (nSPS) is 22.8. The average Bonchev–Trinajstić information content (AvgIpc) is 3.32. The molecule has 6 atom stereocenters. The maximum atomic E-state index is 14.6. The first-order chi connectivity index (χ1) is 30.9. The van der Waals surface area contributed by atoms with E-state index in [0.717, 1.165) is 53.2 Å². The molecule has 5 aromatic carbocycles. The number of aliphatic hydroxyl groups is 2. The number of rotatable bonds is 18. The molecular weight excluding hydrogens is 791 g/mol. The molecule has 1 fully saturated rings. The van der Waals surface area contributed by atoms with Gasteiger partial charge in [0.15, 0.2) is 0 Å². The number of nitrogens with zero attached hydrogens (tertiary/aromatic N) is 3. The van der Waals surface area contributed by atoms with Crippen LogP contribution in [0.2, 0.25) is 0 Å². The summed E-state index contributed by atoms with van der Waals surface area (Å²) in [5, 5.41) is 36.6. The van der Waals surface area contributed by atoms with Crippen LogP contribution in [0.5, 0.6) is 17.2 Å². The second-order valence-electron chi connectivity index (χ2n) is 16.7. The average molecular weight is 846 g/mol. The third-order valence-corrected chi connectivity index (χ3v) is 12.9. The van der Waals surface area contributed by atoms with Gasteiger partial charge >= 0.3 is 0 Å². The zero-order chi connectivity index (χ0) is 43.8. The minimum Gasteiger partial charge on any atom is -0.459 e. The van der Waals surface area contributed by atoms with E-state index in [9.17, 15) is 20.3 Å². The first kappa shape index (κ1) is 43.4. The lowest BCUT2D eigenvalue weighted by Gasteiger charge is -2.59. The summed E-state index contributed by atoms with van der Waals surface area (Å²) in [6.07, 6.45) is 8.91. The van der Waals surface area contributed by atoms with Crippen molar-refractivity contribution in [2.75, 3.05) is 26.9 Å². The van der Waals surface area contributed by atoms with Crippen LogP contribution in [0.1, 0.15) is 77.9 Å². The Hall–Kier alpha value is -6.25. The van der Waals surface area contributed by atoms with Crippen LogP contribution in [0.4, 0.5) is 0 Å². The smallest absolute Gasteiger partial charge is 0.254 e. The molecule has 0 saturated heterocycles. The quantitative estimate of drug-likeness (QED) is 0.0506. The Balaban J connectivity index is 1.30. The number of hydrogen-bond acceptors (Lipinski definition) is 9. The molecule has 1 aliphatic heterocycles. The van der Waals surface area contributed by atoms with Crippen molar-refractivity contribution in [3.05, 3.63) is 162 Å². The zero-order valence-corrected chi connectivity index (χ0v) is 35.8. The van der Waals surface area contributed by atoms with Crippen molar-refractivity contribution < 1.29 is 34.1 Å². The molecular formula is C53H55N3O7. The van der Waals surface area contributed by atoms with Crippen LogP contribution in [0.15, 0.2) is 145 Å². The van der Waals surface area contributed by atoms with Crippen molar-refractivity contribution in [1.82, 2.24) is 4.90 Å². The van der Waals surface area contributed by atoms with E-state index in [2.05, 4.69) is 43.0 Å². The number of benzene rings is 5. The lowest BCUT2D eigenvalue weighted by atomic mass is 9.55. The van der Waals surface area contributed by atoms with Gasteiger partial charge in [0.1, 0.15) is 29.9 Å². The van der Waals surface area contributed by atoms with E-state index in [-0.39, 0.29) is 56.5 Å². The topological polar surface area (TPSA) is 134 Å². The number of nitriles is 1. The van der Waals surface area contributed by atoms with E-state index in [1.807, 2.05) is 66.7 Å². The van der Waals surface area contributed by atoms with E-state index in [4.69, 9.17) is 24.2 Å². The Kier molecular flexibility index (Phi) is 13.7. The first-order valence-electron chi connectivity index (χ1n) is 22.1. The van der Waals surface area contributed by atoms with E-state index in [0.29, 0.717) is 46.9 Å². The molecule has 10 heteroatoms. The van der Waals surface area contributed by atoms with Crippen molar-refractivity contribution in [2.45, 2.75) is 69.3 Å². The lowest BCUT2D eigenvalue weighted by Crippen LogP contribution is -2.69. The maximum Gasteiger partial charge on any atom is 0.254 e. The maximum absolute atomic E-state index is 14.6. The van der Waals surface area contributed by atoms with Crippen LogP contribution in [0, 0.1) is 29.1 Å². The number of hydrogen-bond donors (Lipinski definition) is 2. The number of carbonyl (C=O) groups is 1. The first-order valence-corrected chi connectivity index (χ1v) is 22.1. The number of ether oxygens (including phenoxy) is 3. The molecule has 324 valence electrons. The molecule has 0 aromatic heterocycles. The minimum absolute atomic E-state index is 0.0547. The second-order valence-corrected chi connectivity index (χ2v) is 16.7. The van der Waals surface area contributed by atoms with Crippen molar-refractivity contribution >= 4 is 22.4 Å². The Bertz CT molecular complexity index is 2500. The molecule has 0 unspecified atom stereocenters. The van der Waals surface area contributed by atoms with E-state index >= 15 is 0 Å². The summed E-state index contributed by atoms with van der Waals surface area (Å²) in [6.45, 7) is 4.64. The van der Waals surface area contributed by atoms with Gasteiger partial charge in [-0.3, -0.25) is 4.79 Å². The SMILES string of the molecule is C=CCO[C@@]12Oc3ccc(Oc4ccc5ccccc5c4)cc3[C@H]3[C@H](CCCCO)[C@@H](CCCCO)C=C(C(=NOCc4ccccc4)C[C@@H]1N(C)C(=O)c1ccc(C#N)cc1)[C@H]32. The van der Waals surface area contributed by atoms with Crippen LogP contribution in [0.3, 0.4) is 0 Å². The number of amides is 1. The van der Waals surface area contributed by atoms with Gasteiger partial charge < -0.3 is 34.2 Å². The Labute approximate surface area is 369 Å². The predicted octanol–water partition coefficient (Wildman–Crippen LogP) is 10.1. The Morgan fingerprint density at radius 1 is 0.905 bits per heavy atom. The fourth-order valence-electron chi connectivity index (χ4n) is 9.95. The summed E-state index contributed by atoms with van der Waals surface area (Å²) < 4.78 is 21.0. The molecule has 2 N–H and O–H groups in total. The van der Waals surface area contributed by atoms with Gasteiger partial charge in [-0.15, -0.1) is 6.58 Å². The van der Waals surface area contributed by atoms with Gasteiger partial charge in [-0.1, -0.05) is 90.8 Å². The summed E-state index contributed by atoms with van der Waals surface area (Å²) in [6, 6.07) is 38.2. The highest BCUT2D eigenvalue weighted by Crippen LogP contribution is 2.62. The number of fused-ring (bicyclic) bond motifs is 3. The highest BCUT2D eigenvalue weighted by atomic mass is 16.7. The van der Waals surface area contributed by atoms with Crippen LogP contribution in [-0.2, 0) is 16.2 Å². The minimum atomic E-state index is -1.40. The summed E-state index contributed by atoms with van der Waals surface area (Å²) >= 11 is 0. The number of carbonyl (C=O) groups excluding carboxylic acids is 1. The van der Waals surface area contributed by atoms with Crippen molar-refractivity contribution in [3.8, 4) is 23.3 Å². The summed E-state index contributed by atoms with van der Waals surface area (Å²) in [4.78, 5) is 22.5. The third kappa shape index (κ3) is 9.14. The molecule has 0 bridgehead atoms. The van der Waals surface area contributed by atoms with E-state index in [1.165, 1.54) is 0 Å². The van der Waals surface area contributed by atoms with E-state index in [1.54, 1.807) is 42.3 Å². The summed E-state index contributed by atoms with van der Waals surface area (Å²) in [7, 11) is 1.77. The summed E-state index contributed by atoms with van der Waals surface area (Å²) in [5.74, 6) is -0.198. The van der Waals surface area contributed by atoms with Gasteiger partial charge in [0, 0.05) is 43.7 Å².